The van der Waals surface area contributed by atoms with Crippen molar-refractivity contribution in [3.63, 3.8) is 0 Å². The molecule has 10 aromatic rings. The van der Waals surface area contributed by atoms with Crippen molar-refractivity contribution < 1.29 is 0 Å². The Kier molecular flexibility index (Phi) is 9.36. The minimum atomic E-state index is -0.0997. The van der Waals surface area contributed by atoms with Gasteiger partial charge in [0, 0.05) is 45.1 Å². The average molecular weight is 814 g/mol. The van der Waals surface area contributed by atoms with E-state index in [0.717, 1.165) is 61.3 Å². The molecule has 1 aromatic heterocycles. The lowest BCUT2D eigenvalue weighted by molar-refractivity contribution is 0.660. The first kappa shape index (κ1) is 37.5. The SMILES string of the molecule is CC1(C)c2ccccc2-c2ccc(N(c3ccc(-c4ccccc4)cc3)c3ccc(-c4ccc(N(c5ccccc5)c5ccc(-c6nc7ccccc7s6)cc5)cc4)cc3)cc21. The van der Waals surface area contributed by atoms with Gasteiger partial charge >= 0.3 is 0 Å². The van der Waals surface area contributed by atoms with Crippen LogP contribution in [-0.4, -0.2) is 4.98 Å². The zero-order valence-corrected chi connectivity index (χ0v) is 35.4. The Bertz CT molecular complexity index is 3140. The van der Waals surface area contributed by atoms with Gasteiger partial charge in [-0.15, -0.1) is 11.3 Å². The molecule has 296 valence electrons. The van der Waals surface area contributed by atoms with Crippen LogP contribution in [0.15, 0.2) is 224 Å². The molecule has 0 saturated heterocycles. The molecule has 3 nitrogen and oxygen atoms in total. The molecule has 0 N–H and O–H groups in total. The molecule has 0 radical (unpaired) electrons. The highest BCUT2D eigenvalue weighted by molar-refractivity contribution is 7.21. The van der Waals surface area contributed by atoms with Gasteiger partial charge in [0.1, 0.15) is 5.01 Å². The zero-order chi connectivity index (χ0) is 41.6. The van der Waals surface area contributed by atoms with Crippen molar-refractivity contribution in [2.75, 3.05) is 9.80 Å². The highest BCUT2D eigenvalue weighted by Crippen LogP contribution is 2.51. The van der Waals surface area contributed by atoms with E-state index < -0.39 is 0 Å². The second kappa shape index (κ2) is 15.5. The maximum atomic E-state index is 4.90. The van der Waals surface area contributed by atoms with Crippen molar-refractivity contribution in [2.45, 2.75) is 19.3 Å². The van der Waals surface area contributed by atoms with Crippen molar-refractivity contribution in [2.24, 2.45) is 0 Å². The second-order valence-electron chi connectivity index (χ2n) is 16.4. The summed E-state index contributed by atoms with van der Waals surface area (Å²) in [6, 6.07) is 81.0. The summed E-state index contributed by atoms with van der Waals surface area (Å²) >= 11 is 1.73. The van der Waals surface area contributed by atoms with Crippen molar-refractivity contribution in [1.82, 2.24) is 4.98 Å². The summed E-state index contributed by atoms with van der Waals surface area (Å²) in [6.07, 6.45) is 0. The van der Waals surface area contributed by atoms with Crippen LogP contribution in [0.25, 0.3) is 54.2 Å². The van der Waals surface area contributed by atoms with E-state index in [4.69, 9.17) is 4.98 Å². The van der Waals surface area contributed by atoms with Gasteiger partial charge in [0.15, 0.2) is 0 Å². The fraction of sp³-hybridized carbons (Fsp3) is 0.0517. The summed E-state index contributed by atoms with van der Waals surface area (Å²) in [6.45, 7) is 4.70. The molecule has 1 aliphatic rings. The van der Waals surface area contributed by atoms with Crippen LogP contribution in [0.1, 0.15) is 25.0 Å². The van der Waals surface area contributed by atoms with Gasteiger partial charge < -0.3 is 9.80 Å². The predicted molar refractivity (Wildman–Crippen MR) is 263 cm³/mol. The summed E-state index contributed by atoms with van der Waals surface area (Å²) < 4.78 is 1.20. The lowest BCUT2D eigenvalue weighted by atomic mass is 9.82. The first-order valence-electron chi connectivity index (χ1n) is 21.2. The predicted octanol–water partition coefficient (Wildman–Crippen LogP) is 16.5. The molecule has 0 saturated carbocycles. The molecule has 0 spiro atoms. The van der Waals surface area contributed by atoms with E-state index in [1.165, 1.54) is 38.1 Å². The Morgan fingerprint density at radius 3 is 1.35 bits per heavy atom. The quantitative estimate of drug-likeness (QED) is 0.145. The molecule has 0 atom stereocenters. The van der Waals surface area contributed by atoms with Crippen LogP contribution in [-0.2, 0) is 5.41 Å². The van der Waals surface area contributed by atoms with Crippen LogP contribution in [0.5, 0.6) is 0 Å². The van der Waals surface area contributed by atoms with E-state index in [9.17, 15) is 0 Å². The molecule has 9 aromatic carbocycles. The number of hydrogen-bond donors (Lipinski definition) is 0. The molecule has 1 heterocycles. The third-order valence-electron chi connectivity index (χ3n) is 12.3. The molecular weight excluding hydrogens is 771 g/mol. The van der Waals surface area contributed by atoms with Crippen molar-refractivity contribution in [3.8, 4) is 44.0 Å². The minimum absolute atomic E-state index is 0.0997. The van der Waals surface area contributed by atoms with Crippen LogP contribution in [0.2, 0.25) is 0 Å². The molecule has 0 fully saturated rings. The number of fused-ring (bicyclic) bond motifs is 4. The molecule has 4 heteroatoms. The second-order valence-corrected chi connectivity index (χ2v) is 17.5. The molecule has 0 bridgehead atoms. The number of benzene rings is 9. The van der Waals surface area contributed by atoms with Crippen molar-refractivity contribution in [1.29, 1.82) is 0 Å². The maximum absolute atomic E-state index is 4.90. The Hall–Kier alpha value is -7.53. The third-order valence-corrected chi connectivity index (χ3v) is 13.4. The van der Waals surface area contributed by atoms with Gasteiger partial charge in [-0.05, 0) is 142 Å². The topological polar surface area (TPSA) is 19.4 Å². The van der Waals surface area contributed by atoms with E-state index >= 15 is 0 Å². The number of anilines is 6. The summed E-state index contributed by atoms with van der Waals surface area (Å²) in [4.78, 5) is 9.60. The van der Waals surface area contributed by atoms with Crippen molar-refractivity contribution in [3.05, 3.63) is 236 Å². The van der Waals surface area contributed by atoms with Crippen molar-refractivity contribution >= 4 is 55.7 Å². The Morgan fingerprint density at radius 1 is 0.355 bits per heavy atom. The molecule has 0 unspecified atom stereocenters. The van der Waals surface area contributed by atoms with Gasteiger partial charge in [0.2, 0.25) is 0 Å². The number of hydrogen-bond acceptors (Lipinski definition) is 4. The minimum Gasteiger partial charge on any atom is -0.311 e. The number of aromatic nitrogens is 1. The molecule has 1 aliphatic carbocycles. The Balaban J connectivity index is 0.915. The summed E-state index contributed by atoms with van der Waals surface area (Å²) in [7, 11) is 0. The van der Waals surface area contributed by atoms with E-state index in [0.29, 0.717) is 0 Å². The summed E-state index contributed by atoms with van der Waals surface area (Å²) in [5, 5.41) is 1.03. The number of para-hydroxylation sites is 2. The number of nitrogens with zero attached hydrogens (tertiary/aromatic N) is 3. The first-order chi connectivity index (χ1) is 30.5. The Labute approximate surface area is 367 Å². The van der Waals surface area contributed by atoms with Crippen LogP contribution in [0.4, 0.5) is 34.1 Å². The van der Waals surface area contributed by atoms with E-state index in [2.05, 4.69) is 242 Å². The highest BCUT2D eigenvalue weighted by atomic mass is 32.1. The molecule has 0 aliphatic heterocycles. The maximum Gasteiger partial charge on any atom is 0.124 e. The highest BCUT2D eigenvalue weighted by Gasteiger charge is 2.35. The van der Waals surface area contributed by atoms with Crippen LogP contribution >= 0.6 is 11.3 Å². The van der Waals surface area contributed by atoms with E-state index in [1.54, 1.807) is 11.3 Å². The van der Waals surface area contributed by atoms with Gasteiger partial charge in [-0.3, -0.25) is 0 Å². The number of thiazole rings is 1. The van der Waals surface area contributed by atoms with Crippen LogP contribution in [0, 0.1) is 0 Å². The normalized spacial score (nSPS) is 12.5. The number of rotatable bonds is 9. The lowest BCUT2D eigenvalue weighted by Crippen LogP contribution is -2.16. The van der Waals surface area contributed by atoms with Gasteiger partial charge in [-0.1, -0.05) is 141 Å². The molecule has 0 amide bonds. The van der Waals surface area contributed by atoms with E-state index in [-0.39, 0.29) is 5.41 Å². The average Bonchev–Trinajstić information content (AvgIpc) is 3.87. The molecule has 11 rings (SSSR count). The lowest BCUT2D eigenvalue weighted by Gasteiger charge is -2.28. The fourth-order valence-electron chi connectivity index (χ4n) is 9.09. The standard InChI is InChI=1S/C58H43N3S/c1-58(2)53-18-10-9-17-51(53)52-38-37-50(39-54(52)58)61(48-31-21-41(22-32-48)40-13-5-3-6-14-40)49-33-25-43(26-34-49)42-23-29-46(30-24-42)60(45-15-7-4-8-16-45)47-35-27-44(28-36-47)57-59-55-19-11-12-20-56(55)62-57/h3-39H,1-2H3. The third kappa shape index (κ3) is 6.75. The molecular formula is C58H43N3S. The van der Waals surface area contributed by atoms with Gasteiger partial charge in [0.25, 0.3) is 0 Å². The van der Waals surface area contributed by atoms with E-state index in [1.807, 2.05) is 6.07 Å². The zero-order valence-electron chi connectivity index (χ0n) is 34.6. The van der Waals surface area contributed by atoms with Gasteiger partial charge in [-0.2, -0.15) is 0 Å². The van der Waals surface area contributed by atoms with Crippen LogP contribution in [0.3, 0.4) is 0 Å². The van der Waals surface area contributed by atoms with Gasteiger partial charge in [-0.25, -0.2) is 4.98 Å². The summed E-state index contributed by atoms with van der Waals surface area (Å²) in [5.74, 6) is 0. The monoisotopic (exact) mass is 813 g/mol. The van der Waals surface area contributed by atoms with Gasteiger partial charge in [0.05, 0.1) is 10.2 Å². The largest absolute Gasteiger partial charge is 0.311 e. The first-order valence-corrected chi connectivity index (χ1v) is 22.0. The Morgan fingerprint density at radius 2 is 0.774 bits per heavy atom. The van der Waals surface area contributed by atoms with Crippen LogP contribution < -0.4 is 9.80 Å². The summed E-state index contributed by atoms with van der Waals surface area (Å²) in [5.41, 5.74) is 18.8. The molecule has 62 heavy (non-hydrogen) atoms. The smallest absolute Gasteiger partial charge is 0.124 e. The fourth-order valence-corrected chi connectivity index (χ4v) is 10.1.